The summed E-state index contributed by atoms with van der Waals surface area (Å²) in [4.78, 5) is 12.9. The number of carbonyl (C=O) groups excluding carboxylic acids is 1. The van der Waals surface area contributed by atoms with E-state index in [4.69, 9.17) is 4.74 Å². The maximum absolute atomic E-state index is 12.9. The minimum atomic E-state index is -2.53. The van der Waals surface area contributed by atoms with Crippen LogP contribution in [0.4, 0.5) is 0 Å². The average Bonchev–Trinajstić information content (AvgIpc) is 3.36. The van der Waals surface area contributed by atoms with Crippen LogP contribution in [-0.2, 0) is 9.53 Å². The van der Waals surface area contributed by atoms with Gasteiger partial charge in [-0.15, -0.1) is 0 Å². The van der Waals surface area contributed by atoms with E-state index in [-0.39, 0.29) is 11.1 Å². The van der Waals surface area contributed by atoms with Crippen LogP contribution in [-0.4, -0.2) is 95.0 Å². The van der Waals surface area contributed by atoms with Crippen molar-refractivity contribution in [3.8, 4) is 0 Å². The van der Waals surface area contributed by atoms with Gasteiger partial charge in [0.1, 0.15) is 23.4 Å². The summed E-state index contributed by atoms with van der Waals surface area (Å²) in [7, 11) is 0. The number of fused-ring (bicyclic) bond motifs is 5. The number of hydrogen-bond donors (Lipinski definition) is 7. The lowest BCUT2D eigenvalue weighted by molar-refractivity contribution is -0.282. The average molecular weight is 412 g/mol. The fourth-order valence-corrected chi connectivity index (χ4v) is 6.12. The third kappa shape index (κ3) is 2.01. The first-order valence-corrected chi connectivity index (χ1v) is 9.66. The van der Waals surface area contributed by atoms with Gasteiger partial charge in [0.15, 0.2) is 11.4 Å². The van der Waals surface area contributed by atoms with Gasteiger partial charge in [0.2, 0.25) is 0 Å². The van der Waals surface area contributed by atoms with Gasteiger partial charge < -0.3 is 40.5 Å². The number of rotatable bonds is 2. The van der Waals surface area contributed by atoms with Gasteiger partial charge in [-0.1, -0.05) is 19.6 Å². The Morgan fingerprint density at radius 2 is 1.79 bits per heavy atom. The molecule has 1 aliphatic heterocycles. The number of ketones is 1. The van der Waals surface area contributed by atoms with E-state index in [0.717, 1.165) is 0 Å². The van der Waals surface area contributed by atoms with Crippen molar-refractivity contribution in [2.24, 2.45) is 17.8 Å². The maximum Gasteiger partial charge on any atom is 0.193 e. The number of ether oxygens (including phenoxy) is 1. The molecule has 0 unspecified atom stereocenters. The third-order valence-electron chi connectivity index (χ3n) is 8.00. The summed E-state index contributed by atoms with van der Waals surface area (Å²) in [5, 5.41) is 77.4. The Kier molecular flexibility index (Phi) is 4.17. The Morgan fingerprint density at radius 1 is 1.21 bits per heavy atom. The number of Topliss-reactive ketones (excluding diaryl/α,β-unsaturated/α-hetero) is 1. The van der Waals surface area contributed by atoms with E-state index in [1.54, 1.807) is 0 Å². The first-order valence-electron chi connectivity index (χ1n) is 9.66. The van der Waals surface area contributed by atoms with E-state index in [1.807, 2.05) is 0 Å². The second kappa shape index (κ2) is 5.74. The Morgan fingerprint density at radius 3 is 2.31 bits per heavy atom. The normalized spacial score (nSPS) is 58.6. The van der Waals surface area contributed by atoms with Crippen molar-refractivity contribution in [2.75, 3.05) is 6.61 Å². The highest BCUT2D eigenvalue weighted by Crippen LogP contribution is 2.65. The lowest BCUT2D eigenvalue weighted by atomic mass is 9.53. The van der Waals surface area contributed by atoms with E-state index >= 15 is 0 Å². The Labute approximate surface area is 167 Å². The van der Waals surface area contributed by atoms with Crippen LogP contribution >= 0.6 is 0 Å². The SMILES string of the molecule is C=C(C)[C@@]1(O)[C@H](O)[C@@H]2[C@@H]3O[C@]3(CO)[C@@H](O)[C@]3(O)C(=O)C(C)=C[C@H]3[C@@]2(O)[C@H](C)[C@H]1O. The standard InChI is InChI=1S/C20H28O9/c1-7(2)18(26)13(23)9(4)19(27)10-5-8(3)12(22)20(10,28)16(25)17(6-21)15(29-17)11(19)14(18)24/h5,9-11,13-16,21,23-28H,1,6H2,2-4H3/t9-,10+,11-,13-,14-,15+,16-,17+,18+,19+,20-/m1/s1. The minimum absolute atomic E-state index is 0.0518. The molecule has 4 aliphatic rings. The van der Waals surface area contributed by atoms with Gasteiger partial charge in [-0.05, 0) is 25.0 Å². The number of epoxide rings is 1. The summed E-state index contributed by atoms with van der Waals surface area (Å²) in [5.41, 5.74) is -8.56. The molecule has 0 spiro atoms. The molecule has 1 saturated heterocycles. The smallest absolute Gasteiger partial charge is 0.193 e. The molecule has 0 aromatic carbocycles. The molecule has 7 N–H and O–H groups in total. The molecular formula is C20H28O9. The third-order valence-corrected chi connectivity index (χ3v) is 8.00. The molecule has 162 valence electrons. The van der Waals surface area contributed by atoms with Crippen molar-refractivity contribution in [2.45, 2.75) is 67.6 Å². The minimum Gasteiger partial charge on any atom is -0.393 e. The van der Waals surface area contributed by atoms with Crippen molar-refractivity contribution in [1.82, 2.24) is 0 Å². The molecule has 0 aromatic heterocycles. The summed E-state index contributed by atoms with van der Waals surface area (Å²) in [6.45, 7) is 7.13. The second-order valence-corrected chi connectivity index (χ2v) is 9.23. The topological polar surface area (TPSA) is 171 Å². The summed E-state index contributed by atoms with van der Waals surface area (Å²) in [5.74, 6) is -4.76. The van der Waals surface area contributed by atoms with E-state index < -0.39 is 77.0 Å². The molecule has 1 heterocycles. The molecule has 11 atom stereocenters. The lowest BCUT2D eigenvalue weighted by Gasteiger charge is -2.58. The molecule has 9 heteroatoms. The zero-order valence-electron chi connectivity index (χ0n) is 16.5. The molecule has 0 amide bonds. The quantitative estimate of drug-likeness (QED) is 0.190. The number of carbonyl (C=O) groups is 1. The molecule has 0 radical (unpaired) electrons. The van der Waals surface area contributed by atoms with E-state index in [9.17, 15) is 40.5 Å². The van der Waals surface area contributed by atoms with Gasteiger partial charge in [-0.2, -0.15) is 0 Å². The summed E-state index contributed by atoms with van der Waals surface area (Å²) in [6.07, 6.45) is -5.27. The zero-order valence-corrected chi connectivity index (χ0v) is 16.5. The fourth-order valence-electron chi connectivity index (χ4n) is 6.12. The van der Waals surface area contributed by atoms with Crippen LogP contribution in [0, 0.1) is 17.8 Å². The molecule has 2 saturated carbocycles. The molecule has 3 fully saturated rings. The van der Waals surface area contributed by atoms with Gasteiger partial charge in [0.05, 0.1) is 24.4 Å². The summed E-state index contributed by atoms with van der Waals surface area (Å²) in [6, 6.07) is 0. The Bertz CT molecular complexity index is 825. The fraction of sp³-hybridized carbons (Fsp3) is 0.750. The van der Waals surface area contributed by atoms with Crippen LogP contribution in [0.25, 0.3) is 0 Å². The molecule has 0 aromatic rings. The predicted octanol–water partition coefficient (Wildman–Crippen LogP) is -2.61. The molecule has 0 bridgehead atoms. The van der Waals surface area contributed by atoms with Crippen LogP contribution in [0.5, 0.6) is 0 Å². The summed E-state index contributed by atoms with van der Waals surface area (Å²) >= 11 is 0. The number of aliphatic hydroxyl groups is 7. The van der Waals surface area contributed by atoms with Gasteiger partial charge in [0.25, 0.3) is 0 Å². The van der Waals surface area contributed by atoms with Gasteiger partial charge in [0, 0.05) is 17.8 Å². The van der Waals surface area contributed by atoms with Crippen molar-refractivity contribution in [3.05, 3.63) is 23.8 Å². The van der Waals surface area contributed by atoms with Gasteiger partial charge >= 0.3 is 0 Å². The van der Waals surface area contributed by atoms with Crippen LogP contribution in [0.3, 0.4) is 0 Å². The Hall–Kier alpha value is -1.17. The highest BCUT2D eigenvalue weighted by molar-refractivity contribution is 6.05. The largest absolute Gasteiger partial charge is 0.393 e. The summed E-state index contributed by atoms with van der Waals surface area (Å²) < 4.78 is 5.55. The van der Waals surface area contributed by atoms with Gasteiger partial charge in [-0.3, -0.25) is 4.79 Å². The Balaban J connectivity index is 2.00. The zero-order chi connectivity index (χ0) is 21.9. The second-order valence-electron chi connectivity index (χ2n) is 9.23. The lowest BCUT2D eigenvalue weighted by Crippen LogP contribution is -2.75. The van der Waals surface area contributed by atoms with Gasteiger partial charge in [-0.25, -0.2) is 0 Å². The van der Waals surface area contributed by atoms with Crippen molar-refractivity contribution < 1.29 is 45.3 Å². The van der Waals surface area contributed by atoms with Crippen molar-refractivity contribution in [3.63, 3.8) is 0 Å². The van der Waals surface area contributed by atoms with E-state index in [1.165, 1.54) is 26.8 Å². The molecule has 3 aliphatic carbocycles. The predicted molar refractivity (Wildman–Crippen MR) is 97.3 cm³/mol. The maximum atomic E-state index is 12.9. The first kappa shape index (κ1) is 21.1. The van der Waals surface area contributed by atoms with Crippen LogP contribution in [0.15, 0.2) is 23.8 Å². The van der Waals surface area contributed by atoms with Crippen LogP contribution in [0.2, 0.25) is 0 Å². The highest BCUT2D eigenvalue weighted by Gasteiger charge is 2.83. The van der Waals surface area contributed by atoms with Crippen LogP contribution < -0.4 is 0 Å². The molecule has 9 nitrogen and oxygen atoms in total. The molecule has 29 heavy (non-hydrogen) atoms. The van der Waals surface area contributed by atoms with Crippen LogP contribution in [0.1, 0.15) is 20.8 Å². The first-order chi connectivity index (χ1) is 13.3. The highest BCUT2D eigenvalue weighted by atomic mass is 16.6. The molecule has 4 rings (SSSR count). The van der Waals surface area contributed by atoms with E-state index in [2.05, 4.69) is 6.58 Å². The monoisotopic (exact) mass is 412 g/mol. The number of hydrogen-bond acceptors (Lipinski definition) is 9. The van der Waals surface area contributed by atoms with Crippen molar-refractivity contribution in [1.29, 1.82) is 0 Å². The van der Waals surface area contributed by atoms with Crippen molar-refractivity contribution >= 4 is 5.78 Å². The molecular weight excluding hydrogens is 384 g/mol. The number of aliphatic hydroxyl groups excluding tert-OH is 4. The van der Waals surface area contributed by atoms with E-state index in [0.29, 0.717) is 0 Å².